The van der Waals surface area contributed by atoms with E-state index in [0.29, 0.717) is 33.7 Å². The van der Waals surface area contributed by atoms with E-state index < -0.39 is 10.0 Å². The average molecular weight is 382 g/mol. The number of nitrogens with one attached hydrogen (secondary N) is 1. The van der Waals surface area contributed by atoms with Crippen molar-refractivity contribution in [2.45, 2.75) is 24.8 Å². The lowest BCUT2D eigenvalue weighted by molar-refractivity contribution is 0.106. The zero-order chi connectivity index (χ0) is 19.3. The molecule has 7 heteroatoms. The first-order chi connectivity index (χ1) is 12.8. The standard InChI is InChI=1S/C20H18N2O4S/c1-11(2)26-13-7-4-6-12(10-13)16-18-17-14(20(23)19(16)21-3)8-5-9-15(17)27(24,25)22-18/h4-11,22H,1-3H3. The Labute approximate surface area is 157 Å². The van der Waals surface area contributed by atoms with Gasteiger partial charge in [-0.15, -0.1) is 0 Å². The second kappa shape index (κ2) is 6.06. The van der Waals surface area contributed by atoms with Crippen LogP contribution >= 0.6 is 0 Å². The van der Waals surface area contributed by atoms with Crippen LogP contribution in [0.25, 0.3) is 11.3 Å². The number of aliphatic imine (C=N–C) groups is 1. The SMILES string of the molecule is CN=C1C(=O)c2cccc3c2C(=C1c1cccc(OC(C)C)c1)NS3(=O)=O. The topological polar surface area (TPSA) is 84.8 Å². The van der Waals surface area contributed by atoms with Crippen molar-refractivity contribution < 1.29 is 17.9 Å². The monoisotopic (exact) mass is 382 g/mol. The number of carbonyl (C=O) groups excluding carboxylic acids is 1. The van der Waals surface area contributed by atoms with Crippen LogP contribution in [-0.4, -0.2) is 33.1 Å². The van der Waals surface area contributed by atoms with Crippen molar-refractivity contribution in [2.75, 3.05) is 7.05 Å². The van der Waals surface area contributed by atoms with Crippen molar-refractivity contribution in [3.05, 3.63) is 59.2 Å². The summed E-state index contributed by atoms with van der Waals surface area (Å²) in [6.45, 7) is 3.84. The van der Waals surface area contributed by atoms with E-state index in [1.54, 1.807) is 18.2 Å². The van der Waals surface area contributed by atoms with Gasteiger partial charge >= 0.3 is 0 Å². The number of sulfonamides is 1. The number of benzene rings is 2. The molecule has 27 heavy (non-hydrogen) atoms. The summed E-state index contributed by atoms with van der Waals surface area (Å²) in [5.41, 5.74) is 2.51. The fourth-order valence-electron chi connectivity index (χ4n) is 3.47. The minimum atomic E-state index is -3.72. The maximum absolute atomic E-state index is 13.0. The van der Waals surface area contributed by atoms with Crippen LogP contribution in [0.1, 0.15) is 35.3 Å². The highest BCUT2D eigenvalue weighted by molar-refractivity contribution is 7.90. The lowest BCUT2D eigenvalue weighted by Gasteiger charge is -2.21. The Morgan fingerprint density at radius 1 is 1.11 bits per heavy atom. The molecule has 1 aliphatic carbocycles. The van der Waals surface area contributed by atoms with Crippen LogP contribution < -0.4 is 9.46 Å². The smallest absolute Gasteiger partial charge is 0.262 e. The summed E-state index contributed by atoms with van der Waals surface area (Å²) in [4.78, 5) is 17.3. The number of rotatable bonds is 3. The van der Waals surface area contributed by atoms with Crippen LogP contribution in [0.4, 0.5) is 0 Å². The first-order valence-electron chi connectivity index (χ1n) is 8.53. The molecule has 1 N–H and O–H groups in total. The molecule has 0 bridgehead atoms. The number of allylic oxidation sites excluding steroid dienone is 1. The van der Waals surface area contributed by atoms with Crippen molar-refractivity contribution >= 4 is 32.8 Å². The van der Waals surface area contributed by atoms with Crippen LogP contribution in [-0.2, 0) is 10.0 Å². The van der Waals surface area contributed by atoms with E-state index in [4.69, 9.17) is 4.74 Å². The molecule has 4 rings (SSSR count). The van der Waals surface area contributed by atoms with Crippen LogP contribution in [0.15, 0.2) is 52.4 Å². The molecular formula is C20H18N2O4S. The molecule has 0 unspecified atom stereocenters. The predicted molar refractivity (Wildman–Crippen MR) is 103 cm³/mol. The number of Topliss-reactive ketones (excluding diaryl/α,β-unsaturated/α-hetero) is 1. The second-order valence-corrected chi connectivity index (χ2v) is 8.28. The van der Waals surface area contributed by atoms with E-state index in [2.05, 4.69) is 9.71 Å². The van der Waals surface area contributed by atoms with Gasteiger partial charge in [-0.25, -0.2) is 8.42 Å². The summed E-state index contributed by atoms with van der Waals surface area (Å²) in [5.74, 6) is 0.348. The lowest BCUT2D eigenvalue weighted by Crippen LogP contribution is -2.25. The molecule has 0 saturated carbocycles. The largest absolute Gasteiger partial charge is 0.491 e. The van der Waals surface area contributed by atoms with Gasteiger partial charge in [0.05, 0.1) is 16.7 Å². The third-order valence-corrected chi connectivity index (χ3v) is 5.86. The fraction of sp³-hybridized carbons (Fsp3) is 0.200. The van der Waals surface area contributed by atoms with Crippen molar-refractivity contribution in [3.63, 3.8) is 0 Å². The molecule has 0 amide bonds. The molecule has 6 nitrogen and oxygen atoms in total. The number of carbonyl (C=O) groups is 1. The minimum Gasteiger partial charge on any atom is -0.491 e. The van der Waals surface area contributed by atoms with Crippen LogP contribution in [0.3, 0.4) is 0 Å². The Hall–Kier alpha value is -2.93. The van der Waals surface area contributed by atoms with Crippen molar-refractivity contribution in [2.24, 2.45) is 4.99 Å². The van der Waals surface area contributed by atoms with Crippen molar-refractivity contribution in [3.8, 4) is 5.75 Å². The third kappa shape index (κ3) is 2.66. The highest BCUT2D eigenvalue weighted by Crippen LogP contribution is 2.42. The molecule has 0 saturated heterocycles. The zero-order valence-corrected chi connectivity index (χ0v) is 15.9. The number of hydrogen-bond donors (Lipinski definition) is 1. The lowest BCUT2D eigenvalue weighted by atomic mass is 9.84. The third-order valence-electron chi connectivity index (χ3n) is 4.47. The van der Waals surface area contributed by atoms with Gasteiger partial charge in [-0.05, 0) is 37.6 Å². The van der Waals surface area contributed by atoms with E-state index in [-0.39, 0.29) is 22.5 Å². The van der Waals surface area contributed by atoms with Gasteiger partial charge in [0.25, 0.3) is 10.0 Å². The van der Waals surface area contributed by atoms with Crippen molar-refractivity contribution in [1.29, 1.82) is 0 Å². The van der Waals surface area contributed by atoms with Crippen molar-refractivity contribution in [1.82, 2.24) is 4.72 Å². The average Bonchev–Trinajstić information content (AvgIpc) is 2.89. The Morgan fingerprint density at radius 2 is 1.85 bits per heavy atom. The molecule has 1 heterocycles. The fourth-order valence-corrected chi connectivity index (χ4v) is 4.79. The summed E-state index contributed by atoms with van der Waals surface area (Å²) < 4.78 is 33.5. The number of hydrogen-bond acceptors (Lipinski definition) is 5. The van der Waals surface area contributed by atoms with Crippen LogP contribution in [0, 0.1) is 0 Å². The molecule has 2 aromatic carbocycles. The quantitative estimate of drug-likeness (QED) is 0.885. The Kier molecular flexibility index (Phi) is 3.92. The summed E-state index contributed by atoms with van der Waals surface area (Å²) in [7, 11) is -2.19. The molecule has 2 aromatic rings. The Bertz CT molecular complexity index is 1140. The molecule has 0 fully saturated rings. The van der Waals surface area contributed by atoms with E-state index in [9.17, 15) is 13.2 Å². The van der Waals surface area contributed by atoms with E-state index in [1.807, 2.05) is 32.0 Å². The second-order valence-electron chi connectivity index (χ2n) is 6.63. The molecule has 0 spiro atoms. The Balaban J connectivity index is 2.03. The predicted octanol–water partition coefficient (Wildman–Crippen LogP) is 2.90. The van der Waals surface area contributed by atoms with Gasteiger partial charge in [-0.2, -0.15) is 0 Å². The van der Waals surface area contributed by atoms with Gasteiger partial charge in [0.2, 0.25) is 5.78 Å². The van der Waals surface area contributed by atoms with Gasteiger partial charge in [0, 0.05) is 23.7 Å². The highest BCUT2D eigenvalue weighted by atomic mass is 32.2. The van der Waals surface area contributed by atoms with Crippen LogP contribution in [0.5, 0.6) is 5.75 Å². The molecule has 138 valence electrons. The van der Waals surface area contributed by atoms with Gasteiger partial charge in [0.15, 0.2) is 0 Å². The molecule has 2 aliphatic rings. The number of ether oxygens (including phenoxy) is 1. The van der Waals surface area contributed by atoms with E-state index in [0.717, 1.165) is 0 Å². The van der Waals surface area contributed by atoms with Gasteiger partial charge in [-0.3, -0.25) is 14.5 Å². The van der Waals surface area contributed by atoms with Gasteiger partial charge in [0.1, 0.15) is 11.5 Å². The normalized spacial score (nSPS) is 18.7. The molecule has 0 aromatic heterocycles. The van der Waals surface area contributed by atoms with Gasteiger partial charge < -0.3 is 4.74 Å². The first kappa shape index (κ1) is 17.5. The zero-order valence-electron chi connectivity index (χ0n) is 15.1. The van der Waals surface area contributed by atoms with E-state index in [1.165, 1.54) is 13.1 Å². The summed E-state index contributed by atoms with van der Waals surface area (Å²) >= 11 is 0. The number of nitrogens with zero attached hydrogens (tertiary/aromatic N) is 1. The molecular weight excluding hydrogens is 364 g/mol. The maximum atomic E-state index is 13.0. The maximum Gasteiger partial charge on any atom is 0.262 e. The summed E-state index contributed by atoms with van der Waals surface area (Å²) in [6, 6.07) is 11.9. The molecule has 0 radical (unpaired) electrons. The van der Waals surface area contributed by atoms with E-state index >= 15 is 0 Å². The van der Waals surface area contributed by atoms with Gasteiger partial charge in [-0.1, -0.05) is 24.3 Å². The molecule has 0 atom stereocenters. The summed E-state index contributed by atoms with van der Waals surface area (Å²) in [5, 5.41) is 0. The minimum absolute atomic E-state index is 0.0116. The highest BCUT2D eigenvalue weighted by Gasteiger charge is 2.41. The molecule has 1 aliphatic heterocycles. The Morgan fingerprint density at radius 3 is 2.56 bits per heavy atom. The number of ketones is 1. The first-order valence-corrected chi connectivity index (χ1v) is 10.0. The van der Waals surface area contributed by atoms with Crippen LogP contribution in [0.2, 0.25) is 0 Å². The summed E-state index contributed by atoms with van der Waals surface area (Å²) in [6.07, 6.45) is -0.0116.